The van der Waals surface area contributed by atoms with Gasteiger partial charge < -0.3 is 9.16 Å². The third-order valence-electron chi connectivity index (χ3n) is 5.37. The van der Waals surface area contributed by atoms with Crippen LogP contribution in [0.2, 0.25) is 18.1 Å². The van der Waals surface area contributed by atoms with Crippen molar-refractivity contribution < 1.29 is 14.0 Å². The molecule has 0 aliphatic carbocycles. The van der Waals surface area contributed by atoms with Gasteiger partial charge in [-0.05, 0) is 45.0 Å². The van der Waals surface area contributed by atoms with Crippen molar-refractivity contribution in [2.45, 2.75) is 77.6 Å². The smallest absolute Gasteiger partial charge is 0.416 e. The highest BCUT2D eigenvalue weighted by Crippen LogP contribution is 2.43. The minimum absolute atomic E-state index is 0.143. The highest BCUT2D eigenvalue weighted by molar-refractivity contribution is 6.74. The first-order valence-corrected chi connectivity index (χ1v) is 12.2. The van der Waals surface area contributed by atoms with E-state index in [4.69, 9.17) is 9.16 Å². The summed E-state index contributed by atoms with van der Waals surface area (Å²) in [4.78, 5) is 18.8. The summed E-state index contributed by atoms with van der Waals surface area (Å²) in [5, 5.41) is 0.143. The Kier molecular flexibility index (Phi) is 5.34. The Bertz CT molecular complexity index is 676. The first-order valence-electron chi connectivity index (χ1n) is 9.26. The van der Waals surface area contributed by atoms with E-state index in [1.165, 1.54) is 0 Å². The number of ether oxygens (including phenoxy) is 1. The zero-order valence-corrected chi connectivity index (χ0v) is 18.8. The first-order chi connectivity index (χ1) is 11.7. The molecule has 0 N–H and O–H groups in total. The predicted octanol–water partition coefficient (Wildman–Crippen LogP) is 5.12. The molecule has 2 rings (SSSR count). The second-order valence-electron chi connectivity index (χ2n) is 10.1. The van der Waals surface area contributed by atoms with E-state index in [1.54, 1.807) is 11.1 Å². The van der Waals surface area contributed by atoms with Crippen LogP contribution in [0.5, 0.6) is 0 Å². The van der Waals surface area contributed by atoms with Crippen LogP contribution in [0.4, 0.5) is 10.6 Å². The molecule has 1 aliphatic heterocycles. The predicted molar refractivity (Wildman–Crippen MR) is 108 cm³/mol. The Hall–Kier alpha value is -1.40. The third kappa shape index (κ3) is 4.28. The zero-order valence-electron chi connectivity index (χ0n) is 17.8. The number of hydrogen-bond acceptors (Lipinski definition) is 4. The molecule has 5 nitrogen and oxygen atoms in total. The molecule has 1 aromatic heterocycles. The van der Waals surface area contributed by atoms with Gasteiger partial charge in [0.05, 0.1) is 0 Å². The van der Waals surface area contributed by atoms with E-state index in [1.807, 2.05) is 32.9 Å². The number of pyridine rings is 1. The van der Waals surface area contributed by atoms with Gasteiger partial charge in [0.1, 0.15) is 11.4 Å². The number of rotatable bonds is 3. The summed E-state index contributed by atoms with van der Waals surface area (Å²) in [6, 6.07) is 3.96. The fourth-order valence-electron chi connectivity index (χ4n) is 2.74. The molecule has 146 valence electrons. The highest BCUT2D eigenvalue weighted by Gasteiger charge is 2.46. The Morgan fingerprint density at radius 1 is 1.27 bits per heavy atom. The summed E-state index contributed by atoms with van der Waals surface area (Å²) in [5.41, 5.74) is 0.211. The van der Waals surface area contributed by atoms with Crippen molar-refractivity contribution >= 4 is 20.2 Å². The molecule has 1 unspecified atom stereocenters. The minimum atomic E-state index is -1.88. The van der Waals surface area contributed by atoms with Gasteiger partial charge in [0.25, 0.3) is 0 Å². The Morgan fingerprint density at radius 2 is 1.88 bits per heavy atom. The lowest BCUT2D eigenvalue weighted by Gasteiger charge is -2.39. The standard InChI is InChI=1S/C20H34N2O3Si/c1-18(2,3)25-17(23)22-13-20(7,15-11-10-12-21-16(15)22)14-24-26(8,9)19(4,5)6/h10-12H,13-14H2,1-9H3. The lowest BCUT2D eigenvalue weighted by molar-refractivity contribution is 0.0574. The van der Waals surface area contributed by atoms with Crippen LogP contribution < -0.4 is 4.90 Å². The van der Waals surface area contributed by atoms with Gasteiger partial charge in [0, 0.05) is 30.3 Å². The van der Waals surface area contributed by atoms with Gasteiger partial charge in [-0.1, -0.05) is 33.8 Å². The van der Waals surface area contributed by atoms with E-state index < -0.39 is 13.9 Å². The topological polar surface area (TPSA) is 51.7 Å². The van der Waals surface area contributed by atoms with Crippen molar-refractivity contribution in [3.63, 3.8) is 0 Å². The normalized spacial score (nSPS) is 20.9. The van der Waals surface area contributed by atoms with Crippen molar-refractivity contribution in [1.29, 1.82) is 0 Å². The molecule has 1 atom stereocenters. The number of anilines is 1. The molecule has 0 aromatic carbocycles. The molecule has 1 aliphatic rings. The molecular formula is C20H34N2O3Si. The van der Waals surface area contributed by atoms with Crippen LogP contribution in [0.3, 0.4) is 0 Å². The van der Waals surface area contributed by atoms with E-state index in [9.17, 15) is 4.79 Å². The van der Waals surface area contributed by atoms with Crippen molar-refractivity contribution in [3.8, 4) is 0 Å². The zero-order chi connectivity index (χ0) is 20.0. The monoisotopic (exact) mass is 378 g/mol. The molecule has 1 amide bonds. The molecule has 0 saturated heterocycles. The fourth-order valence-corrected chi connectivity index (χ4v) is 3.85. The second kappa shape index (κ2) is 6.64. The van der Waals surface area contributed by atoms with Crippen molar-refractivity contribution in [2.75, 3.05) is 18.1 Å². The van der Waals surface area contributed by atoms with Gasteiger partial charge in [-0.3, -0.25) is 4.90 Å². The highest BCUT2D eigenvalue weighted by atomic mass is 28.4. The average molecular weight is 379 g/mol. The van der Waals surface area contributed by atoms with Crippen molar-refractivity contribution in [2.24, 2.45) is 0 Å². The van der Waals surface area contributed by atoms with Crippen LogP contribution in [-0.2, 0) is 14.6 Å². The van der Waals surface area contributed by atoms with Gasteiger partial charge in [-0.15, -0.1) is 0 Å². The maximum Gasteiger partial charge on any atom is 0.416 e. The van der Waals surface area contributed by atoms with Gasteiger partial charge in [0.15, 0.2) is 8.32 Å². The average Bonchev–Trinajstić information content (AvgIpc) is 2.77. The molecule has 0 radical (unpaired) electrons. The van der Waals surface area contributed by atoms with E-state index >= 15 is 0 Å². The largest absolute Gasteiger partial charge is 0.443 e. The van der Waals surface area contributed by atoms with E-state index in [0.717, 1.165) is 5.56 Å². The number of fused-ring (bicyclic) bond motifs is 1. The van der Waals surface area contributed by atoms with Gasteiger partial charge in [0.2, 0.25) is 0 Å². The molecule has 0 spiro atoms. The second-order valence-corrected chi connectivity index (χ2v) is 14.9. The summed E-state index contributed by atoms with van der Waals surface area (Å²) in [7, 11) is -1.88. The number of carbonyl (C=O) groups is 1. The van der Waals surface area contributed by atoms with E-state index in [0.29, 0.717) is 19.0 Å². The number of carbonyl (C=O) groups excluding carboxylic acids is 1. The van der Waals surface area contributed by atoms with Crippen LogP contribution in [0.25, 0.3) is 0 Å². The Morgan fingerprint density at radius 3 is 2.42 bits per heavy atom. The molecule has 6 heteroatoms. The molecule has 0 bridgehead atoms. The minimum Gasteiger partial charge on any atom is -0.443 e. The lowest BCUT2D eigenvalue weighted by Crippen LogP contribution is -2.46. The summed E-state index contributed by atoms with van der Waals surface area (Å²) in [6.07, 6.45) is 1.37. The van der Waals surface area contributed by atoms with E-state index in [-0.39, 0.29) is 16.5 Å². The number of hydrogen-bond donors (Lipinski definition) is 0. The summed E-state index contributed by atoms with van der Waals surface area (Å²) in [6.45, 7) is 20.1. The molecule has 26 heavy (non-hydrogen) atoms. The SMILES string of the molecule is CC(C)(C)OC(=O)N1CC(C)(CO[Si](C)(C)C(C)(C)C)c2cccnc21. The van der Waals surface area contributed by atoms with Crippen LogP contribution in [0.15, 0.2) is 18.3 Å². The summed E-state index contributed by atoms with van der Waals surface area (Å²) in [5.74, 6) is 0.683. The van der Waals surface area contributed by atoms with Crippen LogP contribution in [0.1, 0.15) is 54.0 Å². The summed E-state index contributed by atoms with van der Waals surface area (Å²) < 4.78 is 12.1. The maximum absolute atomic E-state index is 12.7. The quantitative estimate of drug-likeness (QED) is 0.685. The van der Waals surface area contributed by atoms with Crippen LogP contribution in [-0.4, -0.2) is 38.1 Å². The molecular weight excluding hydrogens is 344 g/mol. The number of amides is 1. The number of aromatic nitrogens is 1. The fraction of sp³-hybridized carbons (Fsp3) is 0.700. The van der Waals surface area contributed by atoms with Gasteiger partial charge in [-0.2, -0.15) is 0 Å². The van der Waals surface area contributed by atoms with E-state index in [2.05, 4.69) is 45.8 Å². The van der Waals surface area contributed by atoms with Gasteiger partial charge >= 0.3 is 6.09 Å². The number of nitrogens with zero attached hydrogens (tertiary/aromatic N) is 2. The van der Waals surface area contributed by atoms with Crippen LogP contribution >= 0.6 is 0 Å². The molecule has 0 fully saturated rings. The Balaban J connectivity index is 2.27. The lowest BCUT2D eigenvalue weighted by atomic mass is 9.86. The molecule has 2 heterocycles. The van der Waals surface area contributed by atoms with Crippen LogP contribution in [0, 0.1) is 0 Å². The first kappa shape index (κ1) is 20.9. The third-order valence-corrected chi connectivity index (χ3v) is 9.85. The summed E-state index contributed by atoms with van der Waals surface area (Å²) >= 11 is 0. The van der Waals surface area contributed by atoms with Crippen molar-refractivity contribution in [1.82, 2.24) is 4.98 Å². The van der Waals surface area contributed by atoms with Gasteiger partial charge in [-0.25, -0.2) is 9.78 Å². The maximum atomic E-state index is 12.7. The molecule has 1 aromatic rings. The Labute approximate surface area is 159 Å². The van der Waals surface area contributed by atoms with Crippen molar-refractivity contribution in [3.05, 3.63) is 23.9 Å². The molecule has 0 saturated carbocycles.